The van der Waals surface area contributed by atoms with Crippen LogP contribution in [0.5, 0.6) is 23.0 Å². The van der Waals surface area contributed by atoms with E-state index in [0.717, 1.165) is 25.9 Å². The second-order valence-corrected chi connectivity index (χ2v) is 8.10. The Balaban J connectivity index is 1.76. The number of amides is 1. The number of primary amides is 1. The Morgan fingerprint density at radius 1 is 1.19 bits per heavy atom. The van der Waals surface area contributed by atoms with E-state index in [1.165, 1.54) is 19.6 Å². The van der Waals surface area contributed by atoms with Gasteiger partial charge in [0.25, 0.3) is 0 Å². The number of nitrogens with two attached hydrogens (primary N) is 1. The fraction of sp³-hybridized carbons (Fsp3) is 0.478. The molecule has 1 saturated heterocycles. The quantitative estimate of drug-likeness (QED) is 0.665. The van der Waals surface area contributed by atoms with E-state index in [9.17, 15) is 14.7 Å². The summed E-state index contributed by atoms with van der Waals surface area (Å²) >= 11 is 0. The summed E-state index contributed by atoms with van der Waals surface area (Å²) in [5.41, 5.74) is 5.51. The Hall–Kier alpha value is -3.20. The van der Waals surface area contributed by atoms with Crippen molar-refractivity contribution in [3.05, 3.63) is 45.5 Å². The minimum absolute atomic E-state index is 0.00189. The van der Waals surface area contributed by atoms with Gasteiger partial charge in [-0.3, -0.25) is 14.5 Å². The van der Waals surface area contributed by atoms with Crippen molar-refractivity contribution in [1.82, 2.24) is 4.90 Å². The van der Waals surface area contributed by atoms with E-state index >= 15 is 0 Å². The molecule has 2 aliphatic heterocycles. The maximum Gasteiger partial charge on any atom is 0.227 e. The molecular weight excluding hydrogens is 416 g/mol. The highest BCUT2D eigenvalue weighted by atomic mass is 16.6. The number of methoxy groups -OCH3 is 1. The molecule has 1 unspecified atom stereocenters. The molecule has 3 heterocycles. The molecule has 1 fully saturated rings. The van der Waals surface area contributed by atoms with E-state index in [4.69, 9.17) is 24.4 Å². The Bertz CT molecular complexity index is 1030. The van der Waals surface area contributed by atoms with E-state index in [2.05, 4.69) is 4.90 Å². The molecule has 4 rings (SSSR count). The monoisotopic (exact) mass is 444 g/mol. The van der Waals surface area contributed by atoms with Gasteiger partial charge in [0.2, 0.25) is 22.8 Å². The lowest BCUT2D eigenvalue weighted by Crippen LogP contribution is -2.29. The van der Waals surface area contributed by atoms with Crippen molar-refractivity contribution in [3.8, 4) is 23.0 Å². The smallest absolute Gasteiger partial charge is 0.227 e. The molecule has 1 aromatic carbocycles. The number of ether oxygens (including phenoxy) is 3. The summed E-state index contributed by atoms with van der Waals surface area (Å²) in [6.07, 6.45) is 3.20. The van der Waals surface area contributed by atoms with Gasteiger partial charge in [0.15, 0.2) is 17.3 Å². The standard InChI is InChI=1S/C23H28N2O7/c1-29-18-9-14(10-19-23(18)31-8-7-30-19)16(12-20(24)27)22-21(28)17(26)11-15(32-22)13-25-5-3-2-4-6-25/h9-11,16,28H,2-8,12-13H2,1H3,(H2,24,27). The van der Waals surface area contributed by atoms with Crippen molar-refractivity contribution < 1.29 is 28.5 Å². The first kappa shape index (κ1) is 22.0. The molecule has 0 aliphatic carbocycles. The Kier molecular flexibility index (Phi) is 6.55. The number of nitrogens with zero attached hydrogens (tertiary/aromatic N) is 1. The number of hydrogen-bond acceptors (Lipinski definition) is 8. The zero-order valence-electron chi connectivity index (χ0n) is 18.1. The van der Waals surface area contributed by atoms with E-state index < -0.39 is 23.0 Å². The molecule has 0 bridgehead atoms. The summed E-state index contributed by atoms with van der Waals surface area (Å²) in [5, 5.41) is 10.6. The maximum absolute atomic E-state index is 12.6. The molecule has 0 saturated carbocycles. The highest BCUT2D eigenvalue weighted by Gasteiger charge is 2.29. The molecule has 32 heavy (non-hydrogen) atoms. The van der Waals surface area contributed by atoms with Gasteiger partial charge in [-0.2, -0.15) is 0 Å². The van der Waals surface area contributed by atoms with Gasteiger partial charge in [0.05, 0.1) is 19.6 Å². The third-order valence-corrected chi connectivity index (χ3v) is 5.80. The van der Waals surface area contributed by atoms with Crippen molar-refractivity contribution in [2.75, 3.05) is 33.4 Å². The number of benzene rings is 1. The molecule has 2 aromatic rings. The third kappa shape index (κ3) is 4.67. The Labute approximate surface area is 185 Å². The van der Waals surface area contributed by atoms with Crippen LogP contribution in [0.4, 0.5) is 0 Å². The van der Waals surface area contributed by atoms with Crippen molar-refractivity contribution in [3.63, 3.8) is 0 Å². The van der Waals surface area contributed by atoms with Crippen LogP contribution in [0.1, 0.15) is 48.7 Å². The lowest BCUT2D eigenvalue weighted by Gasteiger charge is -2.26. The van der Waals surface area contributed by atoms with Gasteiger partial charge >= 0.3 is 0 Å². The highest BCUT2D eigenvalue weighted by molar-refractivity contribution is 5.75. The lowest BCUT2D eigenvalue weighted by atomic mass is 9.91. The number of piperidine rings is 1. The normalized spacial score (nSPS) is 17.0. The molecule has 1 aromatic heterocycles. The summed E-state index contributed by atoms with van der Waals surface area (Å²) in [7, 11) is 1.50. The van der Waals surface area contributed by atoms with Gasteiger partial charge in [-0.1, -0.05) is 6.42 Å². The number of carbonyl (C=O) groups is 1. The fourth-order valence-electron chi connectivity index (χ4n) is 4.26. The summed E-state index contributed by atoms with van der Waals surface area (Å²) in [4.78, 5) is 26.7. The van der Waals surface area contributed by atoms with Gasteiger partial charge in [0.1, 0.15) is 19.0 Å². The zero-order valence-corrected chi connectivity index (χ0v) is 18.1. The number of likely N-dealkylation sites (tertiary alicyclic amines) is 1. The lowest BCUT2D eigenvalue weighted by molar-refractivity contribution is -0.118. The zero-order chi connectivity index (χ0) is 22.7. The number of aromatic hydroxyl groups is 1. The average molecular weight is 444 g/mol. The Morgan fingerprint density at radius 2 is 1.94 bits per heavy atom. The molecule has 1 amide bonds. The molecular formula is C23H28N2O7. The van der Waals surface area contributed by atoms with Crippen molar-refractivity contribution in [2.24, 2.45) is 5.73 Å². The molecule has 2 aliphatic rings. The molecule has 1 atom stereocenters. The second-order valence-electron chi connectivity index (χ2n) is 8.10. The SMILES string of the molecule is COc1cc(C(CC(N)=O)c2oc(CN3CCCCC3)cc(=O)c2O)cc2c1OCCO2. The minimum Gasteiger partial charge on any atom is -0.502 e. The topological polar surface area (TPSA) is 124 Å². The van der Waals surface area contributed by atoms with E-state index in [1.807, 2.05) is 0 Å². The average Bonchev–Trinajstić information content (AvgIpc) is 2.79. The van der Waals surface area contributed by atoms with Crippen molar-refractivity contribution >= 4 is 5.91 Å². The number of carbonyl (C=O) groups excluding carboxylic acids is 1. The molecule has 0 radical (unpaired) electrons. The van der Waals surface area contributed by atoms with Gasteiger partial charge in [-0.25, -0.2) is 0 Å². The Morgan fingerprint density at radius 3 is 2.66 bits per heavy atom. The summed E-state index contributed by atoms with van der Waals surface area (Å²) in [6, 6.07) is 4.68. The van der Waals surface area contributed by atoms with E-state index in [1.54, 1.807) is 12.1 Å². The third-order valence-electron chi connectivity index (χ3n) is 5.80. The maximum atomic E-state index is 12.6. The first-order valence-corrected chi connectivity index (χ1v) is 10.8. The van der Waals surface area contributed by atoms with Crippen LogP contribution >= 0.6 is 0 Å². The second kappa shape index (κ2) is 9.52. The van der Waals surface area contributed by atoms with Gasteiger partial charge < -0.3 is 29.5 Å². The van der Waals surface area contributed by atoms with Crippen molar-refractivity contribution in [2.45, 2.75) is 38.1 Å². The summed E-state index contributed by atoms with van der Waals surface area (Å²) < 4.78 is 22.8. The van der Waals surface area contributed by atoms with Gasteiger partial charge in [-0.05, 0) is 43.6 Å². The van der Waals surface area contributed by atoms with Crippen molar-refractivity contribution in [1.29, 1.82) is 0 Å². The molecule has 172 valence electrons. The largest absolute Gasteiger partial charge is 0.502 e. The molecule has 3 N–H and O–H groups in total. The van der Waals surface area contributed by atoms with Crippen LogP contribution in [0.3, 0.4) is 0 Å². The molecule has 0 spiro atoms. The minimum atomic E-state index is -0.800. The number of hydrogen-bond donors (Lipinski definition) is 2. The van der Waals surface area contributed by atoms with Crippen LogP contribution < -0.4 is 25.4 Å². The van der Waals surface area contributed by atoms with E-state index in [-0.39, 0.29) is 12.2 Å². The first-order valence-electron chi connectivity index (χ1n) is 10.8. The number of rotatable bonds is 7. The van der Waals surface area contributed by atoms with Crippen LogP contribution in [0.25, 0.3) is 0 Å². The van der Waals surface area contributed by atoms with Crippen LogP contribution in [0.2, 0.25) is 0 Å². The highest BCUT2D eigenvalue weighted by Crippen LogP contribution is 2.44. The molecule has 9 heteroatoms. The summed E-state index contributed by atoms with van der Waals surface area (Å²) in [6.45, 7) is 3.05. The summed E-state index contributed by atoms with van der Waals surface area (Å²) in [5.74, 6) is -0.175. The first-order chi connectivity index (χ1) is 15.5. The van der Waals surface area contributed by atoms with Gasteiger partial charge in [0, 0.05) is 12.5 Å². The van der Waals surface area contributed by atoms with Crippen LogP contribution in [0.15, 0.2) is 27.4 Å². The van der Waals surface area contributed by atoms with E-state index in [0.29, 0.717) is 48.3 Å². The van der Waals surface area contributed by atoms with Crippen LogP contribution in [0, 0.1) is 0 Å². The molecule has 9 nitrogen and oxygen atoms in total. The van der Waals surface area contributed by atoms with Gasteiger partial charge in [-0.15, -0.1) is 0 Å². The fourth-order valence-corrected chi connectivity index (χ4v) is 4.26. The predicted octanol–water partition coefficient (Wildman–Crippen LogP) is 2.12. The van der Waals surface area contributed by atoms with Crippen LogP contribution in [-0.4, -0.2) is 49.3 Å². The van der Waals surface area contributed by atoms with Crippen LogP contribution in [-0.2, 0) is 11.3 Å². The predicted molar refractivity (Wildman–Crippen MR) is 115 cm³/mol. The number of fused-ring (bicyclic) bond motifs is 1.